The van der Waals surface area contributed by atoms with E-state index in [1.54, 1.807) is 42.7 Å². The van der Waals surface area contributed by atoms with Crippen molar-refractivity contribution in [2.45, 2.75) is 6.42 Å². The molecule has 0 spiro atoms. The number of hydrogen-bond donors (Lipinski definition) is 2. The minimum absolute atomic E-state index is 0.0477. The molecular weight excluding hydrogens is 467 g/mol. The van der Waals surface area contributed by atoms with Crippen LogP contribution >= 0.6 is 11.6 Å². The Hall–Kier alpha value is -4.18. The molecule has 0 aliphatic rings. The number of nitrogen functional groups attached to an aromatic ring is 2. The first-order valence-corrected chi connectivity index (χ1v) is 10.3. The van der Waals surface area contributed by atoms with Crippen LogP contribution in [0.25, 0.3) is 28.0 Å². The van der Waals surface area contributed by atoms with Crippen LogP contribution in [0, 0.1) is 17.5 Å². The lowest BCUT2D eigenvalue weighted by molar-refractivity contribution is 0.482. The highest BCUT2D eigenvalue weighted by molar-refractivity contribution is 6.31. The van der Waals surface area contributed by atoms with Gasteiger partial charge in [-0.15, -0.1) is 0 Å². The minimum Gasteiger partial charge on any atom is -0.383 e. The monoisotopic (exact) mass is 481 g/mol. The molecule has 7 nitrogen and oxygen atoms in total. The van der Waals surface area contributed by atoms with Gasteiger partial charge in [-0.3, -0.25) is 4.98 Å². The number of aromatic nitrogens is 5. The lowest BCUT2D eigenvalue weighted by atomic mass is 10.1. The minimum atomic E-state index is -1.28. The first kappa shape index (κ1) is 21.7. The molecule has 0 aliphatic carbocycles. The quantitative estimate of drug-likeness (QED) is 0.360. The molecule has 3 heterocycles. The van der Waals surface area contributed by atoms with E-state index in [0.29, 0.717) is 27.1 Å². The Bertz CT molecular complexity index is 1530. The predicted molar refractivity (Wildman–Crippen MR) is 123 cm³/mol. The van der Waals surface area contributed by atoms with E-state index in [-0.39, 0.29) is 29.7 Å². The second-order valence-electron chi connectivity index (χ2n) is 7.42. The van der Waals surface area contributed by atoms with Crippen molar-refractivity contribution in [3.63, 3.8) is 0 Å². The van der Waals surface area contributed by atoms with Gasteiger partial charge in [-0.05, 0) is 48.0 Å². The van der Waals surface area contributed by atoms with Crippen LogP contribution in [0.3, 0.4) is 0 Å². The van der Waals surface area contributed by atoms with Crippen molar-refractivity contribution in [1.29, 1.82) is 0 Å². The number of hydrogen-bond acceptors (Lipinski definition) is 6. The molecule has 0 fully saturated rings. The average molecular weight is 482 g/mol. The fourth-order valence-electron chi connectivity index (χ4n) is 3.73. The summed E-state index contributed by atoms with van der Waals surface area (Å²) in [7, 11) is 0. The molecule has 0 aliphatic heterocycles. The number of nitrogens with two attached hydrogens (primary N) is 2. The Morgan fingerprint density at radius 3 is 2.26 bits per heavy atom. The molecule has 0 atom stereocenters. The number of pyridine rings is 1. The first-order valence-electron chi connectivity index (χ1n) is 9.96. The smallest absolute Gasteiger partial charge is 0.255 e. The van der Waals surface area contributed by atoms with Gasteiger partial charge in [-0.25, -0.2) is 13.2 Å². The van der Waals surface area contributed by atoms with Gasteiger partial charge in [0.05, 0.1) is 16.8 Å². The summed E-state index contributed by atoms with van der Waals surface area (Å²) in [4.78, 5) is 12.7. The van der Waals surface area contributed by atoms with Crippen LogP contribution in [-0.4, -0.2) is 24.7 Å². The molecule has 0 bridgehead atoms. The maximum atomic E-state index is 14.3. The molecule has 4 N–H and O–H groups in total. The van der Waals surface area contributed by atoms with Gasteiger partial charge in [0.2, 0.25) is 0 Å². The summed E-state index contributed by atoms with van der Waals surface area (Å²) in [5, 5.41) is 5.31. The van der Waals surface area contributed by atoms with E-state index in [0.717, 1.165) is 12.1 Å². The Morgan fingerprint density at radius 1 is 0.882 bits per heavy atom. The van der Waals surface area contributed by atoms with Gasteiger partial charge in [0.15, 0.2) is 11.6 Å². The van der Waals surface area contributed by atoms with Gasteiger partial charge < -0.3 is 11.5 Å². The summed E-state index contributed by atoms with van der Waals surface area (Å²) in [6, 6.07) is 9.88. The summed E-state index contributed by atoms with van der Waals surface area (Å²) < 4.78 is 43.7. The van der Waals surface area contributed by atoms with Crippen LogP contribution in [-0.2, 0) is 6.42 Å². The molecule has 3 aromatic heterocycles. The third-order valence-corrected chi connectivity index (χ3v) is 5.55. The average Bonchev–Trinajstić information content (AvgIpc) is 3.17. The Morgan fingerprint density at radius 2 is 1.56 bits per heavy atom. The number of rotatable bonds is 4. The van der Waals surface area contributed by atoms with Gasteiger partial charge in [0.1, 0.15) is 17.5 Å². The number of benzene rings is 2. The number of fused-ring (bicyclic) bond motifs is 1. The standard InChI is InChI=1S/C23H15ClF3N7/c24-12-1-4-18-14(9-12)17(10-13-15(25)2-3-16(26)20(13)27)33-34(18)23-31-21(28)19(22(29)32-23)11-5-7-30-8-6-11/h1-9H,10H2,(H4,28,29,31,32). The zero-order valence-corrected chi connectivity index (χ0v) is 18.1. The molecule has 5 rings (SSSR count). The van der Waals surface area contributed by atoms with E-state index in [4.69, 9.17) is 23.1 Å². The third-order valence-electron chi connectivity index (χ3n) is 5.31. The van der Waals surface area contributed by atoms with E-state index in [2.05, 4.69) is 20.1 Å². The van der Waals surface area contributed by atoms with Crippen LogP contribution < -0.4 is 11.5 Å². The van der Waals surface area contributed by atoms with E-state index in [1.807, 2.05) is 0 Å². The fourth-order valence-corrected chi connectivity index (χ4v) is 3.90. The molecule has 0 unspecified atom stereocenters. The molecule has 34 heavy (non-hydrogen) atoms. The molecule has 2 aromatic carbocycles. The Balaban J connectivity index is 1.67. The molecule has 5 aromatic rings. The SMILES string of the molecule is Nc1nc(-n2nc(Cc3c(F)ccc(F)c3F)c3cc(Cl)ccc32)nc(N)c1-c1ccncc1. The van der Waals surface area contributed by atoms with Gasteiger partial charge in [0.25, 0.3) is 5.95 Å². The molecule has 170 valence electrons. The van der Waals surface area contributed by atoms with Crippen molar-refractivity contribution < 1.29 is 13.2 Å². The molecule has 0 amide bonds. The Kier molecular flexibility index (Phi) is 5.29. The predicted octanol–water partition coefficient (Wildman–Crippen LogP) is 4.70. The molecule has 11 heteroatoms. The zero-order valence-electron chi connectivity index (χ0n) is 17.3. The number of halogens is 4. The van der Waals surface area contributed by atoms with Gasteiger partial charge in [-0.2, -0.15) is 19.7 Å². The second-order valence-corrected chi connectivity index (χ2v) is 7.86. The van der Waals surface area contributed by atoms with Crippen LogP contribution in [0.1, 0.15) is 11.3 Å². The highest BCUT2D eigenvalue weighted by Crippen LogP contribution is 2.32. The number of nitrogens with zero attached hydrogens (tertiary/aromatic N) is 5. The van der Waals surface area contributed by atoms with Gasteiger partial charge >= 0.3 is 0 Å². The topological polar surface area (TPSA) is 109 Å². The molecular formula is C23H15ClF3N7. The molecule has 0 radical (unpaired) electrons. The molecule has 0 saturated carbocycles. The number of anilines is 2. The highest BCUT2D eigenvalue weighted by Gasteiger charge is 2.21. The van der Waals surface area contributed by atoms with E-state index >= 15 is 0 Å². The lowest BCUT2D eigenvalue weighted by Crippen LogP contribution is -2.10. The van der Waals surface area contributed by atoms with Gasteiger partial charge in [-0.1, -0.05) is 11.6 Å². The van der Waals surface area contributed by atoms with Crippen LogP contribution in [0.15, 0.2) is 54.9 Å². The van der Waals surface area contributed by atoms with Crippen molar-refractivity contribution in [3.05, 3.63) is 88.6 Å². The van der Waals surface area contributed by atoms with Crippen molar-refractivity contribution in [2.75, 3.05) is 11.5 Å². The normalized spacial score (nSPS) is 11.3. The fraction of sp³-hybridized carbons (Fsp3) is 0.0435. The van der Waals surface area contributed by atoms with E-state index in [9.17, 15) is 13.2 Å². The van der Waals surface area contributed by atoms with Crippen LogP contribution in [0.5, 0.6) is 0 Å². The summed E-state index contributed by atoms with van der Waals surface area (Å²) >= 11 is 6.15. The largest absolute Gasteiger partial charge is 0.383 e. The summed E-state index contributed by atoms with van der Waals surface area (Å²) in [6.07, 6.45) is 2.84. The third kappa shape index (κ3) is 3.67. The maximum Gasteiger partial charge on any atom is 0.255 e. The Labute approximate surface area is 195 Å². The van der Waals surface area contributed by atoms with Crippen LogP contribution in [0.2, 0.25) is 5.02 Å². The maximum absolute atomic E-state index is 14.3. The van der Waals surface area contributed by atoms with Crippen molar-refractivity contribution in [1.82, 2.24) is 24.7 Å². The lowest BCUT2D eigenvalue weighted by Gasteiger charge is -2.10. The van der Waals surface area contributed by atoms with E-state index < -0.39 is 23.0 Å². The zero-order chi connectivity index (χ0) is 24.0. The molecule has 0 saturated heterocycles. The first-order chi connectivity index (χ1) is 16.3. The summed E-state index contributed by atoms with van der Waals surface area (Å²) in [5.74, 6) is -3.07. The van der Waals surface area contributed by atoms with Crippen LogP contribution in [0.4, 0.5) is 24.8 Å². The van der Waals surface area contributed by atoms with Crippen molar-refractivity contribution >= 4 is 34.1 Å². The second kappa shape index (κ2) is 8.31. The summed E-state index contributed by atoms with van der Waals surface area (Å²) in [6.45, 7) is 0. The highest BCUT2D eigenvalue weighted by atomic mass is 35.5. The summed E-state index contributed by atoms with van der Waals surface area (Å²) in [5.41, 5.74) is 13.8. The van der Waals surface area contributed by atoms with Crippen molar-refractivity contribution in [3.8, 4) is 17.1 Å². The van der Waals surface area contributed by atoms with Crippen molar-refractivity contribution in [2.24, 2.45) is 0 Å². The van der Waals surface area contributed by atoms with Gasteiger partial charge in [0, 0.05) is 34.8 Å². The van der Waals surface area contributed by atoms with E-state index in [1.165, 1.54) is 4.68 Å².